The second-order valence-electron chi connectivity index (χ2n) is 9.00. The smallest absolute Gasteiger partial charge is 0.176 e. The molecule has 0 radical (unpaired) electrons. The topological polar surface area (TPSA) is 95.6 Å². The maximum absolute atomic E-state index is 16.1. The number of nitrogens with zero attached hydrogens (tertiary/aromatic N) is 3. The van der Waals surface area contributed by atoms with Crippen LogP contribution in [0.4, 0.5) is 15.8 Å². The van der Waals surface area contributed by atoms with Crippen molar-refractivity contribution in [2.75, 3.05) is 10.6 Å². The second-order valence-corrected chi connectivity index (χ2v) is 9.00. The summed E-state index contributed by atoms with van der Waals surface area (Å²) in [5, 5.41) is 23.2. The molecule has 0 spiro atoms. The lowest BCUT2D eigenvalue weighted by Crippen LogP contribution is -2.32. The molecule has 1 aromatic carbocycles. The highest BCUT2D eigenvalue weighted by Gasteiger charge is 2.45. The van der Waals surface area contributed by atoms with Gasteiger partial charge in [-0.1, -0.05) is 23.4 Å². The number of rotatable bonds is 7. The van der Waals surface area contributed by atoms with Gasteiger partial charge in [-0.05, 0) is 70.5 Å². The van der Waals surface area contributed by atoms with Crippen molar-refractivity contribution in [3.63, 3.8) is 0 Å². The molecule has 1 saturated carbocycles. The Balaban J connectivity index is 1.84. The van der Waals surface area contributed by atoms with E-state index in [2.05, 4.69) is 32.5 Å². The zero-order chi connectivity index (χ0) is 24.7. The van der Waals surface area contributed by atoms with Gasteiger partial charge in [-0.25, -0.2) is 4.39 Å². The van der Waals surface area contributed by atoms with E-state index in [0.717, 1.165) is 12.8 Å². The van der Waals surface area contributed by atoms with Crippen LogP contribution in [0.25, 0.3) is 11.1 Å². The van der Waals surface area contributed by atoms with Gasteiger partial charge in [0.1, 0.15) is 5.76 Å². The van der Waals surface area contributed by atoms with Crippen LogP contribution in [0.5, 0.6) is 0 Å². The molecule has 0 bridgehead atoms. The normalized spacial score (nSPS) is 19.2. The van der Waals surface area contributed by atoms with E-state index >= 15 is 4.39 Å². The SMILES string of the molecule is C=NC(=CC=CC)C(O)(c1ccccn1)c1cc(-c2c(C)noc2C)c(F)c2c1NC(C1CC1)N2. The Morgan fingerprint density at radius 2 is 2.06 bits per heavy atom. The Bertz CT molecular complexity index is 1320. The number of nitrogens with one attached hydrogen (secondary N) is 2. The number of hydrogen-bond donors (Lipinski definition) is 3. The molecule has 1 aliphatic carbocycles. The highest BCUT2D eigenvalue weighted by Crippen LogP contribution is 2.51. The summed E-state index contributed by atoms with van der Waals surface area (Å²) in [6.07, 6.45) is 8.87. The van der Waals surface area contributed by atoms with Crippen molar-refractivity contribution < 1.29 is 14.0 Å². The summed E-state index contributed by atoms with van der Waals surface area (Å²) in [5.74, 6) is 0.447. The number of halogens is 1. The summed E-state index contributed by atoms with van der Waals surface area (Å²) in [6.45, 7) is 9.10. The lowest BCUT2D eigenvalue weighted by atomic mass is 9.82. The van der Waals surface area contributed by atoms with E-state index in [1.165, 1.54) is 0 Å². The van der Waals surface area contributed by atoms with Gasteiger partial charge in [-0.2, -0.15) is 0 Å². The number of aryl methyl sites for hydroxylation is 2. The third-order valence-electron chi connectivity index (χ3n) is 6.67. The lowest BCUT2D eigenvalue weighted by molar-refractivity contribution is 0.116. The number of pyridine rings is 1. The first-order valence-electron chi connectivity index (χ1n) is 11.7. The lowest BCUT2D eigenvalue weighted by Gasteiger charge is -2.31. The van der Waals surface area contributed by atoms with Gasteiger partial charge < -0.3 is 20.3 Å². The number of benzene rings is 1. The van der Waals surface area contributed by atoms with E-state index in [4.69, 9.17) is 4.52 Å². The fourth-order valence-corrected chi connectivity index (χ4v) is 4.75. The monoisotopic (exact) mass is 473 g/mol. The van der Waals surface area contributed by atoms with Gasteiger partial charge in [-0.3, -0.25) is 9.98 Å². The molecule has 5 rings (SSSR count). The third-order valence-corrected chi connectivity index (χ3v) is 6.67. The highest BCUT2D eigenvalue weighted by molar-refractivity contribution is 5.87. The second kappa shape index (κ2) is 8.78. The molecule has 1 fully saturated rings. The minimum atomic E-state index is -1.82. The van der Waals surface area contributed by atoms with E-state index in [1.807, 2.05) is 13.0 Å². The van der Waals surface area contributed by atoms with Crippen LogP contribution in [-0.4, -0.2) is 28.1 Å². The molecule has 0 saturated heterocycles. The van der Waals surface area contributed by atoms with Gasteiger partial charge in [-0.15, -0.1) is 0 Å². The molecule has 35 heavy (non-hydrogen) atoms. The maximum atomic E-state index is 16.1. The number of anilines is 2. The van der Waals surface area contributed by atoms with Crippen LogP contribution in [0.1, 0.15) is 42.5 Å². The number of aliphatic imine (C=N–C) groups is 1. The molecule has 7 nitrogen and oxygen atoms in total. The molecule has 3 heterocycles. The minimum Gasteiger partial charge on any atom is -0.373 e. The van der Waals surface area contributed by atoms with E-state index in [1.54, 1.807) is 56.5 Å². The first-order chi connectivity index (χ1) is 16.9. The molecular formula is C27H28FN5O2. The summed E-state index contributed by atoms with van der Waals surface area (Å²) in [4.78, 5) is 8.66. The molecule has 8 heteroatoms. The molecule has 0 amide bonds. The van der Waals surface area contributed by atoms with Gasteiger partial charge in [0, 0.05) is 17.3 Å². The zero-order valence-electron chi connectivity index (χ0n) is 20.0. The number of aromatic nitrogens is 2. The fraction of sp³-hybridized carbons (Fsp3) is 0.296. The van der Waals surface area contributed by atoms with Crippen LogP contribution < -0.4 is 10.6 Å². The molecule has 2 aliphatic rings. The van der Waals surface area contributed by atoms with E-state index in [9.17, 15) is 5.11 Å². The van der Waals surface area contributed by atoms with Crippen LogP contribution in [0, 0.1) is 25.6 Å². The van der Waals surface area contributed by atoms with Crippen molar-refractivity contribution in [3.05, 3.63) is 82.9 Å². The van der Waals surface area contributed by atoms with Crippen LogP contribution in [0.15, 0.2) is 63.9 Å². The van der Waals surface area contributed by atoms with E-state index in [0.29, 0.717) is 45.6 Å². The third kappa shape index (κ3) is 3.74. The molecule has 3 aromatic rings. The van der Waals surface area contributed by atoms with Gasteiger partial charge in [0.2, 0.25) is 0 Å². The summed E-state index contributed by atoms with van der Waals surface area (Å²) < 4.78 is 21.4. The predicted molar refractivity (Wildman–Crippen MR) is 135 cm³/mol. The predicted octanol–water partition coefficient (Wildman–Crippen LogP) is 5.46. The number of fused-ring (bicyclic) bond motifs is 1. The summed E-state index contributed by atoms with van der Waals surface area (Å²) in [5.41, 5.74) is 1.40. The van der Waals surface area contributed by atoms with Gasteiger partial charge >= 0.3 is 0 Å². The molecular weight excluding hydrogens is 445 g/mol. The van der Waals surface area contributed by atoms with Crippen molar-refractivity contribution in [3.8, 4) is 11.1 Å². The first kappa shape index (κ1) is 23.0. The minimum absolute atomic E-state index is 0.134. The van der Waals surface area contributed by atoms with Crippen LogP contribution in [0.2, 0.25) is 0 Å². The highest BCUT2D eigenvalue weighted by atomic mass is 19.1. The Labute approximate surface area is 203 Å². The number of hydrogen-bond acceptors (Lipinski definition) is 7. The standard InChI is InChI=1S/C27H28FN5O2/c1-5-6-9-20(29-4)27(34,21-10-7-8-13-30-21)19-14-18(22-15(2)33-35-16(22)3)23(28)25-24(19)31-26(32-25)17-11-12-17/h5-10,13-14,17,26,31-32,34H,4,11-12H2,1-3H3. The average molecular weight is 474 g/mol. The van der Waals surface area contributed by atoms with Crippen molar-refractivity contribution in [1.82, 2.24) is 10.1 Å². The quantitative estimate of drug-likeness (QED) is 0.311. The first-order valence-corrected chi connectivity index (χ1v) is 11.7. The Morgan fingerprint density at radius 3 is 2.66 bits per heavy atom. The number of allylic oxidation sites excluding steroid dienone is 3. The summed E-state index contributed by atoms with van der Waals surface area (Å²) in [7, 11) is 0. The Hall–Kier alpha value is -3.78. The van der Waals surface area contributed by atoms with Crippen LogP contribution in [-0.2, 0) is 5.60 Å². The Morgan fingerprint density at radius 1 is 1.29 bits per heavy atom. The largest absolute Gasteiger partial charge is 0.373 e. The van der Waals surface area contributed by atoms with Gasteiger partial charge in [0.25, 0.3) is 0 Å². The molecule has 2 aromatic heterocycles. The maximum Gasteiger partial charge on any atom is 0.176 e. The van der Waals surface area contributed by atoms with Crippen molar-refractivity contribution in [1.29, 1.82) is 0 Å². The molecule has 180 valence electrons. The van der Waals surface area contributed by atoms with Gasteiger partial charge in [0.15, 0.2) is 11.4 Å². The summed E-state index contributed by atoms with van der Waals surface area (Å²) in [6, 6.07) is 6.93. The van der Waals surface area contributed by atoms with Crippen molar-refractivity contribution in [2.45, 2.75) is 45.4 Å². The molecule has 2 atom stereocenters. The molecule has 3 N–H and O–H groups in total. The van der Waals surface area contributed by atoms with Crippen molar-refractivity contribution >= 4 is 18.1 Å². The van der Waals surface area contributed by atoms with Crippen LogP contribution >= 0.6 is 0 Å². The average Bonchev–Trinajstić information content (AvgIpc) is 3.54. The summed E-state index contributed by atoms with van der Waals surface area (Å²) >= 11 is 0. The zero-order valence-corrected chi connectivity index (χ0v) is 20.0. The van der Waals surface area contributed by atoms with E-state index in [-0.39, 0.29) is 17.4 Å². The van der Waals surface area contributed by atoms with Crippen molar-refractivity contribution in [2.24, 2.45) is 10.9 Å². The molecule has 1 aliphatic heterocycles. The van der Waals surface area contributed by atoms with Crippen LogP contribution in [0.3, 0.4) is 0 Å². The number of aliphatic hydroxyl groups is 1. The Kier molecular flexibility index (Phi) is 5.76. The fourth-order valence-electron chi connectivity index (χ4n) is 4.75. The van der Waals surface area contributed by atoms with Gasteiger partial charge in [0.05, 0.1) is 40.2 Å². The van der Waals surface area contributed by atoms with E-state index < -0.39 is 11.4 Å². The molecule has 2 unspecified atom stereocenters.